The Kier molecular flexibility index (Phi) is 3.26. The molecule has 0 bridgehead atoms. The Labute approximate surface area is 126 Å². The van der Waals surface area contributed by atoms with Crippen molar-refractivity contribution in [2.24, 2.45) is 0 Å². The highest BCUT2D eigenvalue weighted by atomic mass is 32.1. The Morgan fingerprint density at radius 3 is 2.43 bits per heavy atom. The lowest BCUT2D eigenvalue weighted by Gasteiger charge is -2.10. The molecule has 21 heavy (non-hydrogen) atoms. The highest BCUT2D eigenvalue weighted by Gasteiger charge is 2.16. The summed E-state index contributed by atoms with van der Waals surface area (Å²) in [6.07, 6.45) is 0. The molecule has 3 rings (SSSR count). The van der Waals surface area contributed by atoms with Crippen LogP contribution in [-0.2, 0) is 0 Å². The first kappa shape index (κ1) is 13.8. The monoisotopic (exact) mass is 297 g/mol. The number of fused-ring (bicyclic) bond motifs is 1. The zero-order valence-electron chi connectivity index (χ0n) is 12.1. The molecule has 0 atom stereocenters. The number of aromatic carboxylic acids is 1. The minimum atomic E-state index is -0.911. The third-order valence-corrected chi connectivity index (χ3v) is 4.62. The molecule has 3 aromatic rings. The van der Waals surface area contributed by atoms with E-state index in [1.807, 2.05) is 45.0 Å². The van der Waals surface area contributed by atoms with E-state index in [1.54, 1.807) is 17.4 Å². The lowest BCUT2D eigenvalue weighted by molar-refractivity contribution is 0.0699. The zero-order valence-corrected chi connectivity index (χ0v) is 12.9. The van der Waals surface area contributed by atoms with Crippen molar-refractivity contribution in [2.45, 2.75) is 20.8 Å². The average molecular weight is 297 g/mol. The normalized spacial score (nSPS) is 11.0. The van der Waals surface area contributed by atoms with Crippen molar-refractivity contribution in [1.82, 2.24) is 4.98 Å². The van der Waals surface area contributed by atoms with Gasteiger partial charge in [-0.05, 0) is 50.1 Å². The first-order chi connectivity index (χ1) is 9.97. The predicted molar refractivity (Wildman–Crippen MR) is 86.2 cm³/mol. The Bertz CT molecular complexity index is 865. The summed E-state index contributed by atoms with van der Waals surface area (Å²) in [5.41, 5.74) is 3.76. The van der Waals surface area contributed by atoms with Crippen LogP contribution < -0.4 is 0 Å². The van der Waals surface area contributed by atoms with Gasteiger partial charge in [-0.15, -0.1) is 11.3 Å². The predicted octanol–water partition coefficient (Wildman–Crippen LogP) is 4.59. The summed E-state index contributed by atoms with van der Waals surface area (Å²) in [4.78, 5) is 18.5. The van der Waals surface area contributed by atoms with Gasteiger partial charge in [0.1, 0.15) is 0 Å². The Hall–Kier alpha value is -2.20. The summed E-state index contributed by atoms with van der Waals surface area (Å²) in [5.74, 6) is -0.911. The Morgan fingerprint density at radius 2 is 1.81 bits per heavy atom. The molecule has 2 aromatic heterocycles. The lowest BCUT2D eigenvalue weighted by Crippen LogP contribution is -2.02. The van der Waals surface area contributed by atoms with E-state index in [1.165, 1.54) is 4.88 Å². The second-order valence-corrected chi connectivity index (χ2v) is 6.48. The molecule has 0 radical (unpaired) electrons. The molecule has 0 fully saturated rings. The molecule has 1 aromatic carbocycles. The first-order valence-electron chi connectivity index (χ1n) is 6.68. The summed E-state index contributed by atoms with van der Waals surface area (Å²) in [6.45, 7) is 5.91. The number of hydrogen-bond acceptors (Lipinski definition) is 3. The maximum atomic E-state index is 11.6. The van der Waals surface area contributed by atoms with E-state index in [0.29, 0.717) is 5.56 Å². The van der Waals surface area contributed by atoms with Gasteiger partial charge in [-0.1, -0.05) is 12.1 Å². The number of nitrogens with zero attached hydrogens (tertiary/aromatic N) is 1. The number of hydrogen-bond donors (Lipinski definition) is 1. The highest BCUT2D eigenvalue weighted by molar-refractivity contribution is 7.15. The van der Waals surface area contributed by atoms with E-state index in [2.05, 4.69) is 0 Å². The second-order valence-electron chi connectivity index (χ2n) is 5.19. The van der Waals surface area contributed by atoms with Crippen LogP contribution in [-0.4, -0.2) is 16.1 Å². The maximum absolute atomic E-state index is 11.6. The van der Waals surface area contributed by atoms with E-state index in [-0.39, 0.29) is 0 Å². The molecule has 4 heteroatoms. The van der Waals surface area contributed by atoms with Crippen LogP contribution in [0.25, 0.3) is 21.5 Å². The van der Waals surface area contributed by atoms with Crippen LogP contribution in [0.3, 0.4) is 0 Å². The molecule has 0 spiro atoms. The number of carboxylic acid groups (broad SMARTS) is 1. The fraction of sp³-hybridized carbons (Fsp3) is 0.176. The zero-order chi connectivity index (χ0) is 15.1. The average Bonchev–Trinajstić information content (AvgIpc) is 2.88. The summed E-state index contributed by atoms with van der Waals surface area (Å²) in [5, 5.41) is 10.3. The van der Waals surface area contributed by atoms with Gasteiger partial charge in [0.25, 0.3) is 0 Å². The van der Waals surface area contributed by atoms with Gasteiger partial charge >= 0.3 is 5.97 Å². The number of pyridine rings is 1. The Balaban J connectivity index is 2.40. The van der Waals surface area contributed by atoms with Crippen molar-refractivity contribution >= 4 is 28.2 Å². The largest absolute Gasteiger partial charge is 0.478 e. The number of carboxylic acids is 1. The van der Waals surface area contributed by atoms with Crippen molar-refractivity contribution in [2.75, 3.05) is 0 Å². The van der Waals surface area contributed by atoms with Gasteiger partial charge in [0.05, 0.1) is 21.7 Å². The van der Waals surface area contributed by atoms with Crippen molar-refractivity contribution in [3.63, 3.8) is 0 Å². The van der Waals surface area contributed by atoms with E-state index in [0.717, 1.165) is 32.6 Å². The molecule has 3 nitrogen and oxygen atoms in total. The van der Waals surface area contributed by atoms with Crippen molar-refractivity contribution in [3.05, 3.63) is 51.9 Å². The summed E-state index contributed by atoms with van der Waals surface area (Å²) in [7, 11) is 0. The van der Waals surface area contributed by atoms with Crippen LogP contribution in [0.15, 0.2) is 30.3 Å². The number of carbonyl (C=O) groups is 1. The molecule has 0 unspecified atom stereocenters. The van der Waals surface area contributed by atoms with Crippen LogP contribution in [0.2, 0.25) is 0 Å². The summed E-state index contributed by atoms with van der Waals surface area (Å²) in [6, 6.07) is 9.63. The molecular weight excluding hydrogens is 282 g/mol. The van der Waals surface area contributed by atoms with Crippen molar-refractivity contribution in [1.29, 1.82) is 0 Å². The van der Waals surface area contributed by atoms with Gasteiger partial charge < -0.3 is 5.11 Å². The van der Waals surface area contributed by atoms with Crippen LogP contribution in [0.4, 0.5) is 0 Å². The number of thiophene rings is 1. The number of aryl methyl sites for hydroxylation is 3. The fourth-order valence-corrected chi connectivity index (χ4v) is 3.34. The van der Waals surface area contributed by atoms with Gasteiger partial charge in [-0.25, -0.2) is 9.78 Å². The third-order valence-electron chi connectivity index (χ3n) is 3.59. The third kappa shape index (κ3) is 2.32. The standard InChI is InChI=1S/C17H15NO2S/c1-9-4-5-10(2)16-15(9)12(17(19)20)8-13(18-16)14-7-6-11(3)21-14/h4-8H,1-3H3,(H,19,20). The molecule has 0 amide bonds. The Morgan fingerprint density at radius 1 is 1.10 bits per heavy atom. The molecule has 0 saturated heterocycles. The van der Waals surface area contributed by atoms with Crippen molar-refractivity contribution < 1.29 is 9.90 Å². The van der Waals surface area contributed by atoms with Crippen molar-refractivity contribution in [3.8, 4) is 10.6 Å². The van der Waals surface area contributed by atoms with Gasteiger partial charge in [-0.3, -0.25) is 0 Å². The molecule has 0 aliphatic rings. The minimum Gasteiger partial charge on any atom is -0.478 e. The van der Waals surface area contributed by atoms with E-state index < -0.39 is 5.97 Å². The molecule has 0 aliphatic carbocycles. The first-order valence-corrected chi connectivity index (χ1v) is 7.50. The number of benzene rings is 1. The molecule has 2 heterocycles. The van der Waals surface area contributed by atoms with Crippen LogP contribution in [0.5, 0.6) is 0 Å². The van der Waals surface area contributed by atoms with E-state index in [4.69, 9.17) is 4.98 Å². The minimum absolute atomic E-state index is 0.322. The van der Waals surface area contributed by atoms with Gasteiger partial charge in [0, 0.05) is 10.3 Å². The topological polar surface area (TPSA) is 50.2 Å². The highest BCUT2D eigenvalue weighted by Crippen LogP contribution is 2.32. The van der Waals surface area contributed by atoms with Gasteiger partial charge in [-0.2, -0.15) is 0 Å². The lowest BCUT2D eigenvalue weighted by atomic mass is 9.99. The second kappa shape index (κ2) is 4.97. The summed E-state index contributed by atoms with van der Waals surface area (Å²) < 4.78 is 0. The quantitative estimate of drug-likeness (QED) is 0.752. The van der Waals surface area contributed by atoms with Gasteiger partial charge in [0.2, 0.25) is 0 Å². The summed E-state index contributed by atoms with van der Waals surface area (Å²) >= 11 is 1.62. The van der Waals surface area contributed by atoms with E-state index in [9.17, 15) is 9.90 Å². The number of aromatic nitrogens is 1. The fourth-order valence-electron chi connectivity index (χ4n) is 2.51. The molecular formula is C17H15NO2S. The number of rotatable bonds is 2. The van der Waals surface area contributed by atoms with E-state index >= 15 is 0 Å². The van der Waals surface area contributed by atoms with Crippen LogP contribution in [0, 0.1) is 20.8 Å². The molecule has 1 N–H and O–H groups in total. The SMILES string of the molecule is Cc1ccc(-c2cc(C(=O)O)c3c(C)ccc(C)c3n2)s1. The molecule has 0 saturated carbocycles. The van der Waals surface area contributed by atoms with Crippen LogP contribution >= 0.6 is 11.3 Å². The molecule has 106 valence electrons. The smallest absolute Gasteiger partial charge is 0.336 e. The molecule has 0 aliphatic heterocycles. The maximum Gasteiger partial charge on any atom is 0.336 e. The van der Waals surface area contributed by atoms with Gasteiger partial charge in [0.15, 0.2) is 0 Å². The van der Waals surface area contributed by atoms with Crippen LogP contribution in [0.1, 0.15) is 26.4 Å².